The Morgan fingerprint density at radius 3 is 2.51 bits per heavy atom. The fourth-order valence-corrected chi connectivity index (χ4v) is 5.99. The Labute approximate surface area is 207 Å². The molecule has 0 atom stereocenters. The average molecular weight is 494 g/mol. The molecule has 0 aromatic heterocycles. The highest BCUT2D eigenvalue weighted by molar-refractivity contribution is 7.85. The summed E-state index contributed by atoms with van der Waals surface area (Å²) in [6.45, 7) is 5.82. The Morgan fingerprint density at radius 2 is 1.77 bits per heavy atom. The van der Waals surface area contributed by atoms with Crippen LogP contribution in [0.2, 0.25) is 0 Å². The van der Waals surface area contributed by atoms with E-state index >= 15 is 0 Å². The zero-order chi connectivity index (χ0) is 24.5. The predicted molar refractivity (Wildman–Crippen MR) is 134 cm³/mol. The molecule has 35 heavy (non-hydrogen) atoms. The van der Waals surface area contributed by atoms with Crippen molar-refractivity contribution in [3.8, 4) is 5.75 Å². The van der Waals surface area contributed by atoms with E-state index in [-0.39, 0.29) is 10.5 Å². The van der Waals surface area contributed by atoms with Gasteiger partial charge in [0.05, 0.1) is 23.7 Å². The van der Waals surface area contributed by atoms with E-state index in [2.05, 4.69) is 41.3 Å². The third kappa shape index (κ3) is 5.28. The second-order valence-electron chi connectivity index (χ2n) is 9.54. The van der Waals surface area contributed by atoms with Gasteiger partial charge in [-0.15, -0.1) is 0 Å². The highest BCUT2D eigenvalue weighted by atomic mass is 32.2. The maximum Gasteiger partial charge on any atom is 0.294 e. The van der Waals surface area contributed by atoms with Crippen LogP contribution in [0.15, 0.2) is 71.6 Å². The van der Waals surface area contributed by atoms with Gasteiger partial charge in [0.25, 0.3) is 10.1 Å². The lowest BCUT2D eigenvalue weighted by atomic mass is 9.84. The molecule has 0 bridgehead atoms. The molecule has 3 aromatic carbocycles. The summed E-state index contributed by atoms with van der Waals surface area (Å²) in [5.74, 6) is 0.739. The van der Waals surface area contributed by atoms with Gasteiger partial charge in [0.15, 0.2) is 0 Å². The number of hydrogen-bond acceptors (Lipinski definition) is 5. The number of benzene rings is 3. The number of piperidine rings is 1. The first kappa shape index (κ1) is 24.0. The van der Waals surface area contributed by atoms with Crippen molar-refractivity contribution < 1.29 is 22.4 Å². The zero-order valence-corrected chi connectivity index (χ0v) is 20.8. The number of fused-ring (bicyclic) bond motifs is 2. The Hall–Kier alpha value is -2.71. The van der Waals surface area contributed by atoms with Crippen LogP contribution in [0, 0.1) is 6.92 Å². The van der Waals surface area contributed by atoms with Crippen LogP contribution >= 0.6 is 0 Å². The first-order valence-corrected chi connectivity index (χ1v) is 13.5. The van der Waals surface area contributed by atoms with Gasteiger partial charge < -0.3 is 9.47 Å². The van der Waals surface area contributed by atoms with Crippen molar-refractivity contribution in [3.63, 3.8) is 0 Å². The Kier molecular flexibility index (Phi) is 6.68. The summed E-state index contributed by atoms with van der Waals surface area (Å²) in [6.07, 6.45) is 2.41. The quantitative estimate of drug-likeness (QED) is 0.473. The minimum Gasteiger partial charge on any atom is -0.493 e. The Balaban J connectivity index is 1.13. The van der Waals surface area contributed by atoms with Gasteiger partial charge in [0.2, 0.25) is 0 Å². The molecule has 184 valence electrons. The van der Waals surface area contributed by atoms with E-state index in [4.69, 9.17) is 9.47 Å². The highest BCUT2D eigenvalue weighted by Gasteiger charge is 2.42. The van der Waals surface area contributed by atoms with Gasteiger partial charge in [-0.2, -0.15) is 8.42 Å². The van der Waals surface area contributed by atoms with E-state index in [1.807, 2.05) is 19.1 Å². The molecule has 1 spiro atoms. The zero-order valence-electron chi connectivity index (χ0n) is 19.9. The highest BCUT2D eigenvalue weighted by Crippen LogP contribution is 2.44. The van der Waals surface area contributed by atoms with Gasteiger partial charge in [-0.3, -0.25) is 9.45 Å². The van der Waals surface area contributed by atoms with Crippen LogP contribution in [0.3, 0.4) is 0 Å². The molecule has 0 unspecified atom stereocenters. The standard InChI is InChI=1S/C28H31NO5S/c1-21-6-11-27(35(30,31)32)23(18-21)12-17-33-25-9-7-22(8-10-25)19-29-15-13-28(14-16-29)26-5-3-2-4-24(26)20-34-28/h2-11,18H,12-17,19-20H2,1H3,(H,30,31,32). The summed E-state index contributed by atoms with van der Waals surface area (Å²) < 4.78 is 44.9. The van der Waals surface area contributed by atoms with E-state index in [1.54, 1.807) is 12.1 Å². The van der Waals surface area contributed by atoms with Crippen LogP contribution in [0.25, 0.3) is 0 Å². The van der Waals surface area contributed by atoms with Crippen molar-refractivity contribution in [2.24, 2.45) is 0 Å². The lowest BCUT2D eigenvalue weighted by Crippen LogP contribution is -2.42. The van der Waals surface area contributed by atoms with Gasteiger partial charge in [-0.05, 0) is 60.2 Å². The number of likely N-dealkylation sites (tertiary alicyclic amines) is 1. The van der Waals surface area contributed by atoms with E-state index < -0.39 is 10.1 Å². The fraction of sp³-hybridized carbons (Fsp3) is 0.357. The minimum absolute atomic E-state index is 0.0585. The molecule has 0 amide bonds. The fourth-order valence-electron chi connectivity index (χ4n) is 5.25. The molecule has 6 nitrogen and oxygen atoms in total. The molecular formula is C28H31NO5S. The van der Waals surface area contributed by atoms with Gasteiger partial charge in [0.1, 0.15) is 5.75 Å². The smallest absolute Gasteiger partial charge is 0.294 e. The molecule has 0 saturated carbocycles. The number of aryl methyl sites for hydroxylation is 1. The molecular weight excluding hydrogens is 462 g/mol. The van der Waals surface area contributed by atoms with Gasteiger partial charge in [-0.1, -0.05) is 54.1 Å². The van der Waals surface area contributed by atoms with E-state index in [0.29, 0.717) is 18.6 Å². The van der Waals surface area contributed by atoms with E-state index in [1.165, 1.54) is 22.8 Å². The van der Waals surface area contributed by atoms with Crippen LogP contribution < -0.4 is 4.74 Å². The Bertz CT molecular complexity index is 1300. The second-order valence-corrected chi connectivity index (χ2v) is 10.9. The summed E-state index contributed by atoms with van der Waals surface area (Å²) >= 11 is 0. The van der Waals surface area contributed by atoms with Crippen molar-refractivity contribution in [2.75, 3.05) is 19.7 Å². The van der Waals surface area contributed by atoms with Crippen LogP contribution in [0.5, 0.6) is 5.75 Å². The maximum absolute atomic E-state index is 11.6. The van der Waals surface area contributed by atoms with Crippen molar-refractivity contribution in [3.05, 3.63) is 94.5 Å². The molecule has 1 saturated heterocycles. The molecule has 2 aliphatic rings. The Morgan fingerprint density at radius 1 is 1.03 bits per heavy atom. The first-order valence-electron chi connectivity index (χ1n) is 12.1. The molecule has 0 aliphatic carbocycles. The predicted octanol–water partition coefficient (Wildman–Crippen LogP) is 4.88. The summed E-state index contributed by atoms with van der Waals surface area (Å²) in [5, 5.41) is 0. The third-order valence-corrected chi connectivity index (χ3v) is 8.09. The van der Waals surface area contributed by atoms with Crippen molar-refractivity contribution in [2.45, 2.75) is 49.8 Å². The summed E-state index contributed by atoms with van der Waals surface area (Å²) in [7, 11) is -4.26. The molecule has 5 rings (SSSR count). The molecule has 3 aromatic rings. The van der Waals surface area contributed by atoms with Crippen molar-refractivity contribution in [1.29, 1.82) is 0 Å². The van der Waals surface area contributed by atoms with Crippen LogP contribution in [-0.2, 0) is 40.0 Å². The molecule has 2 heterocycles. The largest absolute Gasteiger partial charge is 0.493 e. The van der Waals surface area contributed by atoms with Crippen LogP contribution in [0.1, 0.15) is 40.7 Å². The number of hydrogen-bond donors (Lipinski definition) is 1. The van der Waals surface area contributed by atoms with E-state index in [0.717, 1.165) is 50.4 Å². The lowest BCUT2D eigenvalue weighted by Gasteiger charge is -2.39. The monoisotopic (exact) mass is 493 g/mol. The average Bonchev–Trinajstić information content (AvgIpc) is 3.19. The number of rotatable bonds is 7. The van der Waals surface area contributed by atoms with E-state index in [9.17, 15) is 13.0 Å². The summed E-state index contributed by atoms with van der Waals surface area (Å²) in [5.41, 5.74) is 5.30. The molecule has 2 aliphatic heterocycles. The topological polar surface area (TPSA) is 76.1 Å². The molecule has 7 heteroatoms. The van der Waals surface area contributed by atoms with Crippen molar-refractivity contribution >= 4 is 10.1 Å². The van der Waals surface area contributed by atoms with Gasteiger partial charge >= 0.3 is 0 Å². The van der Waals surface area contributed by atoms with Crippen LogP contribution in [-0.4, -0.2) is 37.6 Å². The van der Waals surface area contributed by atoms with Gasteiger partial charge in [0, 0.05) is 26.1 Å². The lowest BCUT2D eigenvalue weighted by molar-refractivity contribution is -0.0799. The number of ether oxygens (including phenoxy) is 2. The SMILES string of the molecule is Cc1ccc(S(=O)(=O)O)c(CCOc2ccc(CN3CCC4(CC3)OCc3ccccc34)cc2)c1. The number of nitrogens with zero attached hydrogens (tertiary/aromatic N) is 1. The van der Waals surface area contributed by atoms with Gasteiger partial charge in [-0.25, -0.2) is 0 Å². The third-order valence-electron chi connectivity index (χ3n) is 7.14. The maximum atomic E-state index is 11.6. The van der Waals surface area contributed by atoms with Crippen molar-refractivity contribution in [1.82, 2.24) is 4.90 Å². The van der Waals surface area contributed by atoms with Crippen LogP contribution in [0.4, 0.5) is 0 Å². The summed E-state index contributed by atoms with van der Waals surface area (Å²) in [6, 6.07) is 21.6. The minimum atomic E-state index is -4.26. The molecule has 0 radical (unpaired) electrons. The first-order chi connectivity index (χ1) is 16.8. The molecule has 1 N–H and O–H groups in total. The summed E-state index contributed by atoms with van der Waals surface area (Å²) in [4.78, 5) is 2.41. The second kappa shape index (κ2) is 9.74. The normalized spacial score (nSPS) is 17.4. The molecule has 1 fully saturated rings.